The zero-order valence-electron chi connectivity index (χ0n) is 15.1. The SMILES string of the molecule is CCOc1ccc(NC(=O)c2c(C)cc(C3CCNCC3)oc2=O)cc1. The van der Waals surface area contributed by atoms with Crippen molar-refractivity contribution in [2.75, 3.05) is 25.0 Å². The van der Waals surface area contributed by atoms with Crippen molar-refractivity contribution in [3.8, 4) is 5.75 Å². The molecule has 0 bridgehead atoms. The number of carbonyl (C=O) groups is 1. The molecule has 1 aromatic carbocycles. The van der Waals surface area contributed by atoms with Gasteiger partial charge in [0.1, 0.15) is 17.1 Å². The maximum atomic E-state index is 12.5. The van der Waals surface area contributed by atoms with Crippen molar-refractivity contribution >= 4 is 11.6 Å². The molecule has 1 aromatic heterocycles. The normalized spacial score (nSPS) is 14.8. The number of carbonyl (C=O) groups excluding carboxylic acids is 1. The molecule has 1 amide bonds. The Morgan fingerprint density at radius 3 is 2.58 bits per heavy atom. The minimum Gasteiger partial charge on any atom is -0.494 e. The number of aryl methyl sites for hydroxylation is 1. The molecule has 0 spiro atoms. The Morgan fingerprint density at radius 2 is 1.96 bits per heavy atom. The lowest BCUT2D eigenvalue weighted by molar-refractivity contribution is 0.102. The highest BCUT2D eigenvalue weighted by Gasteiger charge is 2.22. The first-order valence-corrected chi connectivity index (χ1v) is 8.98. The lowest BCUT2D eigenvalue weighted by Crippen LogP contribution is -2.28. The maximum absolute atomic E-state index is 12.5. The van der Waals surface area contributed by atoms with Crippen LogP contribution < -0.4 is 21.0 Å². The van der Waals surface area contributed by atoms with Gasteiger partial charge in [-0.1, -0.05) is 0 Å². The predicted octanol–water partition coefficient (Wildman–Crippen LogP) is 3.07. The molecule has 0 aliphatic carbocycles. The highest BCUT2D eigenvalue weighted by atomic mass is 16.5. The highest BCUT2D eigenvalue weighted by molar-refractivity contribution is 6.04. The quantitative estimate of drug-likeness (QED) is 0.861. The van der Waals surface area contributed by atoms with Gasteiger partial charge in [-0.15, -0.1) is 0 Å². The molecular formula is C20H24N2O4. The van der Waals surface area contributed by atoms with Crippen molar-refractivity contribution in [2.45, 2.75) is 32.6 Å². The van der Waals surface area contributed by atoms with Crippen LogP contribution in [-0.4, -0.2) is 25.6 Å². The molecule has 0 radical (unpaired) electrons. The van der Waals surface area contributed by atoms with E-state index >= 15 is 0 Å². The van der Waals surface area contributed by atoms with Crippen LogP contribution in [0, 0.1) is 6.92 Å². The van der Waals surface area contributed by atoms with E-state index in [1.807, 2.05) is 13.0 Å². The second kappa shape index (κ2) is 8.19. The first-order valence-electron chi connectivity index (χ1n) is 8.98. The van der Waals surface area contributed by atoms with Crippen LogP contribution in [0.5, 0.6) is 5.75 Å². The first-order chi connectivity index (χ1) is 12.6. The third kappa shape index (κ3) is 4.14. The van der Waals surface area contributed by atoms with Crippen molar-refractivity contribution in [1.82, 2.24) is 5.32 Å². The molecule has 2 aromatic rings. The van der Waals surface area contributed by atoms with Gasteiger partial charge in [-0.3, -0.25) is 4.79 Å². The summed E-state index contributed by atoms with van der Waals surface area (Å²) in [6, 6.07) is 8.85. The van der Waals surface area contributed by atoms with Gasteiger partial charge in [0.15, 0.2) is 0 Å². The van der Waals surface area contributed by atoms with Gasteiger partial charge >= 0.3 is 5.63 Å². The van der Waals surface area contributed by atoms with Crippen molar-refractivity contribution in [3.63, 3.8) is 0 Å². The smallest absolute Gasteiger partial charge is 0.349 e. The Hall–Kier alpha value is -2.60. The van der Waals surface area contributed by atoms with Crippen LogP contribution in [0.1, 0.15) is 47.4 Å². The molecule has 1 aliphatic heterocycles. The van der Waals surface area contributed by atoms with Gasteiger partial charge in [0, 0.05) is 11.6 Å². The Labute approximate surface area is 152 Å². The van der Waals surface area contributed by atoms with Gasteiger partial charge in [-0.05, 0) is 75.7 Å². The largest absolute Gasteiger partial charge is 0.494 e. The van der Waals surface area contributed by atoms with Crippen molar-refractivity contribution in [1.29, 1.82) is 0 Å². The molecular weight excluding hydrogens is 332 g/mol. The number of amides is 1. The van der Waals surface area contributed by atoms with Crippen LogP contribution in [0.4, 0.5) is 5.69 Å². The molecule has 138 valence electrons. The zero-order valence-corrected chi connectivity index (χ0v) is 15.1. The summed E-state index contributed by atoms with van der Waals surface area (Å²) in [5.41, 5.74) is 0.705. The number of hydrogen-bond acceptors (Lipinski definition) is 5. The van der Waals surface area contributed by atoms with Gasteiger partial charge in [0.25, 0.3) is 5.91 Å². The number of anilines is 1. The molecule has 3 rings (SSSR count). The van der Waals surface area contributed by atoms with E-state index in [1.54, 1.807) is 31.2 Å². The van der Waals surface area contributed by atoms with E-state index in [2.05, 4.69) is 10.6 Å². The summed E-state index contributed by atoms with van der Waals surface area (Å²) in [6.45, 7) is 6.08. The Bertz CT molecular complexity index is 821. The summed E-state index contributed by atoms with van der Waals surface area (Å²) in [5, 5.41) is 6.03. The number of rotatable bonds is 5. The van der Waals surface area contributed by atoms with Gasteiger partial charge in [0.2, 0.25) is 0 Å². The second-order valence-corrected chi connectivity index (χ2v) is 6.43. The standard InChI is InChI=1S/C20H24N2O4/c1-3-25-16-6-4-15(5-7-16)22-19(23)18-13(2)12-17(26-20(18)24)14-8-10-21-11-9-14/h4-7,12,14,21H,3,8-11H2,1-2H3,(H,22,23). The molecule has 6 nitrogen and oxygen atoms in total. The van der Waals surface area contributed by atoms with Gasteiger partial charge in [0.05, 0.1) is 6.61 Å². The van der Waals surface area contributed by atoms with Crippen LogP contribution in [-0.2, 0) is 0 Å². The minimum atomic E-state index is -0.582. The monoisotopic (exact) mass is 356 g/mol. The number of benzene rings is 1. The summed E-state index contributed by atoms with van der Waals surface area (Å²) in [5.74, 6) is 1.17. The molecule has 0 saturated carbocycles. The van der Waals surface area contributed by atoms with Crippen molar-refractivity contribution < 1.29 is 13.9 Å². The molecule has 1 fully saturated rings. The fraction of sp³-hybridized carbons (Fsp3) is 0.400. The van der Waals surface area contributed by atoms with E-state index in [4.69, 9.17) is 9.15 Å². The number of piperidine rings is 1. The average Bonchev–Trinajstić information content (AvgIpc) is 2.64. The van der Waals surface area contributed by atoms with Crippen LogP contribution >= 0.6 is 0 Å². The predicted molar refractivity (Wildman–Crippen MR) is 100 cm³/mol. The maximum Gasteiger partial charge on any atom is 0.349 e. The van der Waals surface area contributed by atoms with E-state index in [1.165, 1.54) is 0 Å². The summed E-state index contributed by atoms with van der Waals surface area (Å²) >= 11 is 0. The fourth-order valence-electron chi connectivity index (χ4n) is 3.21. The summed E-state index contributed by atoms with van der Waals surface area (Å²) in [6.07, 6.45) is 1.86. The van der Waals surface area contributed by atoms with E-state index < -0.39 is 11.5 Å². The molecule has 0 atom stereocenters. The second-order valence-electron chi connectivity index (χ2n) is 6.43. The lowest BCUT2D eigenvalue weighted by atomic mass is 9.94. The highest BCUT2D eigenvalue weighted by Crippen LogP contribution is 2.25. The van der Waals surface area contributed by atoms with Gasteiger partial charge < -0.3 is 19.8 Å². The fourth-order valence-corrected chi connectivity index (χ4v) is 3.21. The number of nitrogens with one attached hydrogen (secondary N) is 2. The van der Waals surface area contributed by atoms with Crippen LogP contribution in [0.3, 0.4) is 0 Å². The molecule has 6 heteroatoms. The van der Waals surface area contributed by atoms with E-state index in [0.717, 1.165) is 31.7 Å². The van der Waals surface area contributed by atoms with Crippen LogP contribution in [0.25, 0.3) is 0 Å². The van der Waals surface area contributed by atoms with Crippen molar-refractivity contribution in [3.05, 3.63) is 57.6 Å². The first kappa shape index (κ1) is 18.2. The average molecular weight is 356 g/mol. The summed E-state index contributed by atoms with van der Waals surface area (Å²) < 4.78 is 10.9. The molecule has 1 saturated heterocycles. The zero-order chi connectivity index (χ0) is 18.5. The van der Waals surface area contributed by atoms with Crippen LogP contribution in [0.2, 0.25) is 0 Å². The van der Waals surface area contributed by atoms with Crippen molar-refractivity contribution in [2.24, 2.45) is 0 Å². The number of ether oxygens (including phenoxy) is 1. The molecule has 1 aliphatic rings. The third-order valence-electron chi connectivity index (χ3n) is 4.56. The molecule has 0 unspecified atom stereocenters. The summed E-state index contributed by atoms with van der Waals surface area (Å²) in [7, 11) is 0. The Kier molecular flexibility index (Phi) is 5.73. The topological polar surface area (TPSA) is 80.6 Å². The van der Waals surface area contributed by atoms with E-state index in [0.29, 0.717) is 23.6 Å². The van der Waals surface area contributed by atoms with E-state index in [9.17, 15) is 9.59 Å². The Balaban J connectivity index is 1.77. The summed E-state index contributed by atoms with van der Waals surface area (Å²) in [4.78, 5) is 25.0. The lowest BCUT2D eigenvalue weighted by Gasteiger charge is -2.21. The molecule has 2 N–H and O–H groups in total. The molecule has 2 heterocycles. The van der Waals surface area contributed by atoms with E-state index in [-0.39, 0.29) is 11.5 Å². The Morgan fingerprint density at radius 1 is 1.27 bits per heavy atom. The third-order valence-corrected chi connectivity index (χ3v) is 4.56. The van der Waals surface area contributed by atoms with Gasteiger partial charge in [-0.2, -0.15) is 0 Å². The van der Waals surface area contributed by atoms with Crippen LogP contribution in [0.15, 0.2) is 39.5 Å². The number of hydrogen-bond donors (Lipinski definition) is 2. The van der Waals surface area contributed by atoms with Gasteiger partial charge in [-0.25, -0.2) is 4.79 Å². The molecule has 26 heavy (non-hydrogen) atoms. The minimum absolute atomic E-state index is 0.0524.